The van der Waals surface area contributed by atoms with E-state index in [-0.39, 0.29) is 31.1 Å². The fraction of sp³-hybridized carbons (Fsp3) is 0.803. The third-order valence-corrected chi connectivity index (χ3v) is 15.9. The Morgan fingerprint density at radius 2 is 0.476 bits per heavy atom. The summed E-state index contributed by atoms with van der Waals surface area (Å²) in [6.45, 7) is 6.55. The highest BCUT2D eigenvalue weighted by atomic mass is 16.6. The van der Waals surface area contributed by atoms with Gasteiger partial charge in [0, 0.05) is 19.3 Å². The molecule has 6 heteroatoms. The number of esters is 3. The lowest BCUT2D eigenvalue weighted by Gasteiger charge is -2.18. The molecule has 476 valence electrons. The third kappa shape index (κ3) is 67.6. The highest BCUT2D eigenvalue weighted by Gasteiger charge is 2.19. The predicted octanol–water partition coefficient (Wildman–Crippen LogP) is 24.8. The van der Waals surface area contributed by atoms with Crippen LogP contribution in [0.4, 0.5) is 0 Å². The molecule has 0 aromatic carbocycles. The van der Waals surface area contributed by atoms with E-state index in [4.69, 9.17) is 14.2 Å². The van der Waals surface area contributed by atoms with Crippen molar-refractivity contribution in [1.82, 2.24) is 0 Å². The standard InChI is InChI=1S/C76H136O6/c1-4-7-10-13-16-19-22-25-27-29-31-32-33-34-35-36-37-38-39-40-41-42-43-44-46-47-49-51-54-57-60-63-66-69-75(78)81-72-73(71-80-74(77)68-65-62-59-56-53-24-21-18-15-12-9-6-3)82-76(79)70-67-64-61-58-55-52-50-48-45-30-28-26-23-20-17-14-11-8-5-2/h8,11,17,20,26,28-29,31,45,48,52,55,73H,4-7,9-10,12-16,18-19,21-25,27,30,32-44,46-47,49-51,53-54,56-72H2,1-3H3/b11-8-,20-17-,28-26-,31-29-,48-45-,55-52-. The SMILES string of the molecule is CC/C=C\C/C=C\C/C=C\C/C=C\C/C=C\CCCCCC(=O)OC(COC(=O)CCCCCCCCCCCCCC)COC(=O)CCCCCCCCCCCCCCCCCCCCCCC/C=C\CCCCCCCCCC. The molecule has 0 heterocycles. The summed E-state index contributed by atoms with van der Waals surface area (Å²) in [5.41, 5.74) is 0. The van der Waals surface area contributed by atoms with Crippen molar-refractivity contribution in [3.05, 3.63) is 72.9 Å². The smallest absolute Gasteiger partial charge is 0.306 e. The van der Waals surface area contributed by atoms with Crippen molar-refractivity contribution >= 4 is 17.9 Å². The van der Waals surface area contributed by atoms with Gasteiger partial charge < -0.3 is 14.2 Å². The summed E-state index contributed by atoms with van der Waals surface area (Å²) in [5.74, 6) is -0.897. The Morgan fingerprint density at radius 3 is 0.768 bits per heavy atom. The number of unbranched alkanes of at least 4 members (excludes halogenated alkanes) is 43. The van der Waals surface area contributed by atoms with Crippen molar-refractivity contribution in [3.63, 3.8) is 0 Å². The van der Waals surface area contributed by atoms with Crippen molar-refractivity contribution in [2.75, 3.05) is 13.2 Å². The molecule has 0 aliphatic rings. The van der Waals surface area contributed by atoms with E-state index < -0.39 is 6.10 Å². The fourth-order valence-electron chi connectivity index (χ4n) is 10.6. The lowest BCUT2D eigenvalue weighted by Crippen LogP contribution is -2.30. The fourth-order valence-corrected chi connectivity index (χ4v) is 10.6. The van der Waals surface area contributed by atoms with E-state index >= 15 is 0 Å². The first kappa shape index (κ1) is 78.8. The van der Waals surface area contributed by atoms with Crippen LogP contribution in [-0.2, 0) is 28.6 Å². The maximum absolute atomic E-state index is 12.9. The molecule has 0 aromatic heterocycles. The zero-order valence-electron chi connectivity index (χ0n) is 54.8. The van der Waals surface area contributed by atoms with Gasteiger partial charge in [-0.1, -0.05) is 338 Å². The van der Waals surface area contributed by atoms with Gasteiger partial charge in [0.2, 0.25) is 0 Å². The van der Waals surface area contributed by atoms with E-state index in [1.807, 2.05) is 0 Å². The van der Waals surface area contributed by atoms with Gasteiger partial charge in [0.05, 0.1) is 0 Å². The molecule has 6 nitrogen and oxygen atoms in total. The molecule has 0 rings (SSSR count). The molecule has 82 heavy (non-hydrogen) atoms. The zero-order chi connectivity index (χ0) is 59.2. The minimum atomic E-state index is -0.791. The Hall–Kier alpha value is -3.15. The van der Waals surface area contributed by atoms with Gasteiger partial charge in [0.1, 0.15) is 13.2 Å². The summed E-state index contributed by atoms with van der Waals surface area (Å²) in [6.07, 6.45) is 92.4. The molecule has 0 aromatic rings. The Labute approximate surface area is 510 Å². The summed E-state index contributed by atoms with van der Waals surface area (Å²) < 4.78 is 16.9. The Morgan fingerprint density at radius 1 is 0.256 bits per heavy atom. The molecule has 0 aliphatic heterocycles. The van der Waals surface area contributed by atoms with Gasteiger partial charge in [-0.3, -0.25) is 14.4 Å². The van der Waals surface area contributed by atoms with Gasteiger partial charge in [0.15, 0.2) is 6.10 Å². The van der Waals surface area contributed by atoms with E-state index in [1.54, 1.807) is 0 Å². The number of allylic oxidation sites excluding steroid dienone is 12. The molecule has 0 radical (unpaired) electrons. The molecule has 0 amide bonds. The minimum Gasteiger partial charge on any atom is -0.462 e. The van der Waals surface area contributed by atoms with Gasteiger partial charge in [-0.2, -0.15) is 0 Å². The molecule has 0 spiro atoms. The van der Waals surface area contributed by atoms with Gasteiger partial charge in [-0.15, -0.1) is 0 Å². The normalized spacial score (nSPS) is 12.5. The van der Waals surface area contributed by atoms with Crippen LogP contribution < -0.4 is 0 Å². The van der Waals surface area contributed by atoms with E-state index in [0.717, 1.165) is 96.3 Å². The van der Waals surface area contributed by atoms with Crippen LogP contribution in [0.3, 0.4) is 0 Å². The van der Waals surface area contributed by atoms with E-state index in [2.05, 4.69) is 93.7 Å². The maximum Gasteiger partial charge on any atom is 0.306 e. The number of ether oxygens (including phenoxy) is 3. The number of carbonyl (C=O) groups excluding carboxylic acids is 3. The van der Waals surface area contributed by atoms with Crippen LogP contribution in [-0.4, -0.2) is 37.2 Å². The molecule has 1 unspecified atom stereocenters. The second-order valence-electron chi connectivity index (χ2n) is 24.1. The molecule has 1 atom stereocenters. The second kappa shape index (κ2) is 70.3. The first-order valence-corrected chi connectivity index (χ1v) is 35.9. The molecular formula is C76H136O6. The molecule has 0 aliphatic carbocycles. The third-order valence-electron chi connectivity index (χ3n) is 15.9. The summed E-state index contributed by atoms with van der Waals surface area (Å²) >= 11 is 0. The van der Waals surface area contributed by atoms with Crippen LogP contribution in [0, 0.1) is 0 Å². The van der Waals surface area contributed by atoms with Crippen LogP contribution in [0.5, 0.6) is 0 Å². The van der Waals surface area contributed by atoms with Crippen molar-refractivity contribution in [1.29, 1.82) is 0 Å². The predicted molar refractivity (Wildman–Crippen MR) is 358 cm³/mol. The Balaban J connectivity index is 4.15. The molecule has 0 fully saturated rings. The number of rotatable bonds is 66. The van der Waals surface area contributed by atoms with Gasteiger partial charge in [-0.05, 0) is 89.9 Å². The topological polar surface area (TPSA) is 78.9 Å². The van der Waals surface area contributed by atoms with Crippen LogP contribution >= 0.6 is 0 Å². The zero-order valence-corrected chi connectivity index (χ0v) is 54.8. The first-order valence-electron chi connectivity index (χ1n) is 35.9. The number of hydrogen-bond acceptors (Lipinski definition) is 6. The van der Waals surface area contributed by atoms with Gasteiger partial charge in [0.25, 0.3) is 0 Å². The number of hydrogen-bond donors (Lipinski definition) is 0. The largest absolute Gasteiger partial charge is 0.462 e. The molecule has 0 saturated heterocycles. The van der Waals surface area contributed by atoms with Gasteiger partial charge >= 0.3 is 17.9 Å². The highest BCUT2D eigenvalue weighted by Crippen LogP contribution is 2.18. The van der Waals surface area contributed by atoms with Crippen molar-refractivity contribution in [2.24, 2.45) is 0 Å². The molecular weight excluding hydrogens is 1010 g/mol. The number of carbonyl (C=O) groups is 3. The minimum absolute atomic E-state index is 0.0845. The van der Waals surface area contributed by atoms with Crippen LogP contribution in [0.25, 0.3) is 0 Å². The summed E-state index contributed by atoms with van der Waals surface area (Å²) in [6, 6.07) is 0. The van der Waals surface area contributed by atoms with Crippen molar-refractivity contribution in [3.8, 4) is 0 Å². The lowest BCUT2D eigenvalue weighted by molar-refractivity contribution is -0.167. The quantitative estimate of drug-likeness (QED) is 0.0261. The second-order valence-corrected chi connectivity index (χ2v) is 24.1. The van der Waals surface area contributed by atoms with E-state index in [9.17, 15) is 14.4 Å². The van der Waals surface area contributed by atoms with E-state index in [1.165, 1.54) is 238 Å². The van der Waals surface area contributed by atoms with Crippen molar-refractivity contribution in [2.45, 2.75) is 380 Å². The average molecular weight is 1150 g/mol. The summed E-state index contributed by atoms with van der Waals surface area (Å²) in [7, 11) is 0. The monoisotopic (exact) mass is 1150 g/mol. The lowest BCUT2D eigenvalue weighted by atomic mass is 10.0. The Kier molecular flexibility index (Phi) is 67.6. The average Bonchev–Trinajstić information content (AvgIpc) is 3.47. The van der Waals surface area contributed by atoms with Crippen LogP contribution in [0.1, 0.15) is 374 Å². The van der Waals surface area contributed by atoms with Crippen LogP contribution in [0.2, 0.25) is 0 Å². The molecule has 0 N–H and O–H groups in total. The van der Waals surface area contributed by atoms with Gasteiger partial charge in [-0.25, -0.2) is 0 Å². The molecule has 0 saturated carbocycles. The van der Waals surface area contributed by atoms with E-state index in [0.29, 0.717) is 19.3 Å². The van der Waals surface area contributed by atoms with Crippen molar-refractivity contribution < 1.29 is 28.6 Å². The maximum atomic E-state index is 12.9. The summed E-state index contributed by atoms with van der Waals surface area (Å²) in [5, 5.41) is 0. The Bertz CT molecular complexity index is 1500. The highest BCUT2D eigenvalue weighted by molar-refractivity contribution is 5.71. The summed E-state index contributed by atoms with van der Waals surface area (Å²) in [4.78, 5) is 38.3. The molecule has 0 bridgehead atoms. The van der Waals surface area contributed by atoms with Crippen LogP contribution in [0.15, 0.2) is 72.9 Å². The first-order chi connectivity index (χ1) is 40.5.